The van der Waals surface area contributed by atoms with Crippen LogP contribution in [-0.4, -0.2) is 57.3 Å². The Morgan fingerprint density at radius 2 is 1.62 bits per heavy atom. The van der Waals surface area contributed by atoms with Crippen LogP contribution in [0.4, 0.5) is 11.9 Å². The molecular formula is C9H18ClN5O. The lowest BCUT2D eigenvalue weighted by molar-refractivity contribution is -0.00000423. The molecule has 0 bridgehead atoms. The number of anilines is 1. The summed E-state index contributed by atoms with van der Waals surface area (Å²) in [5, 5.41) is 0. The third-order valence-electron chi connectivity index (χ3n) is 1.77. The molecule has 0 unspecified atom stereocenters. The van der Waals surface area contributed by atoms with E-state index >= 15 is 0 Å². The summed E-state index contributed by atoms with van der Waals surface area (Å²) in [6.07, 6.45) is 0. The SMILES string of the molecule is COc1nc(N(C)C)nc([N+](C)(C)C)n1.[Cl-]. The summed E-state index contributed by atoms with van der Waals surface area (Å²) in [6, 6.07) is 0.344. The summed E-state index contributed by atoms with van der Waals surface area (Å²) < 4.78 is 5.57. The molecule has 0 aliphatic carbocycles. The summed E-state index contributed by atoms with van der Waals surface area (Å²) in [7, 11) is 11.3. The fourth-order valence-electron chi connectivity index (χ4n) is 0.927. The lowest BCUT2D eigenvalue weighted by Crippen LogP contribution is -3.00. The largest absolute Gasteiger partial charge is 1.00 e. The molecule has 0 aromatic carbocycles. The molecule has 0 atom stereocenters. The van der Waals surface area contributed by atoms with E-state index in [1.54, 1.807) is 7.11 Å². The third kappa shape index (κ3) is 3.46. The Kier molecular flexibility index (Phi) is 4.89. The van der Waals surface area contributed by atoms with Gasteiger partial charge in [0, 0.05) is 14.1 Å². The van der Waals surface area contributed by atoms with Gasteiger partial charge < -0.3 is 22.0 Å². The molecule has 0 amide bonds. The maximum Gasteiger partial charge on any atom is 0.336 e. The first-order chi connectivity index (χ1) is 6.84. The molecule has 1 aromatic heterocycles. The molecule has 0 aliphatic heterocycles. The zero-order chi connectivity index (χ0) is 11.6. The minimum absolute atomic E-state index is 0. The van der Waals surface area contributed by atoms with Crippen LogP contribution in [0, 0.1) is 0 Å². The number of ether oxygens (including phenoxy) is 1. The van der Waals surface area contributed by atoms with Crippen molar-refractivity contribution in [1.82, 2.24) is 19.4 Å². The van der Waals surface area contributed by atoms with Crippen molar-refractivity contribution in [3.63, 3.8) is 0 Å². The van der Waals surface area contributed by atoms with Crippen LogP contribution >= 0.6 is 0 Å². The number of nitrogens with zero attached hydrogens (tertiary/aromatic N) is 5. The Bertz CT molecular complexity index is 350. The normalized spacial score (nSPS) is 10.6. The van der Waals surface area contributed by atoms with E-state index in [9.17, 15) is 0 Å². The van der Waals surface area contributed by atoms with Crippen LogP contribution < -0.4 is 26.5 Å². The van der Waals surface area contributed by atoms with Crippen LogP contribution in [0.3, 0.4) is 0 Å². The maximum atomic E-state index is 5.04. The zero-order valence-corrected chi connectivity index (χ0v) is 11.3. The molecule has 0 saturated carbocycles. The number of quaternary nitrogens is 1. The quantitative estimate of drug-likeness (QED) is 0.538. The molecule has 6 nitrogen and oxygen atoms in total. The number of rotatable bonds is 3. The van der Waals surface area contributed by atoms with Gasteiger partial charge in [-0.2, -0.15) is 4.98 Å². The average Bonchev–Trinajstić information content (AvgIpc) is 2.15. The van der Waals surface area contributed by atoms with Gasteiger partial charge in [-0.15, -0.1) is 9.97 Å². The van der Waals surface area contributed by atoms with E-state index in [0.29, 0.717) is 22.4 Å². The smallest absolute Gasteiger partial charge is 0.336 e. The monoisotopic (exact) mass is 247 g/mol. The van der Waals surface area contributed by atoms with Crippen LogP contribution in [0.5, 0.6) is 6.01 Å². The second kappa shape index (κ2) is 5.27. The highest BCUT2D eigenvalue weighted by molar-refractivity contribution is 5.35. The molecule has 1 aromatic rings. The molecule has 0 saturated heterocycles. The molecule has 0 spiro atoms. The average molecular weight is 248 g/mol. The number of halogens is 1. The minimum Gasteiger partial charge on any atom is -1.00 e. The van der Waals surface area contributed by atoms with Crippen LogP contribution in [0.15, 0.2) is 0 Å². The molecule has 0 aliphatic rings. The molecule has 92 valence electrons. The van der Waals surface area contributed by atoms with Crippen molar-refractivity contribution in [1.29, 1.82) is 0 Å². The van der Waals surface area contributed by atoms with Gasteiger partial charge in [0.05, 0.1) is 28.3 Å². The Labute approximate surface area is 102 Å². The molecule has 0 N–H and O–H groups in total. The van der Waals surface area contributed by atoms with Gasteiger partial charge in [0.25, 0.3) is 0 Å². The minimum atomic E-state index is 0. The number of aromatic nitrogens is 3. The maximum absolute atomic E-state index is 5.04. The lowest BCUT2D eigenvalue weighted by atomic mass is 10.6. The summed E-state index contributed by atoms with van der Waals surface area (Å²) in [5.41, 5.74) is 0. The highest BCUT2D eigenvalue weighted by Crippen LogP contribution is 2.17. The van der Waals surface area contributed by atoms with E-state index in [4.69, 9.17) is 4.74 Å². The van der Waals surface area contributed by atoms with E-state index in [-0.39, 0.29) is 12.4 Å². The summed E-state index contributed by atoms with van der Waals surface area (Å²) in [6.45, 7) is 0. The van der Waals surface area contributed by atoms with E-state index in [1.165, 1.54) is 0 Å². The van der Waals surface area contributed by atoms with Crippen molar-refractivity contribution in [2.75, 3.05) is 47.2 Å². The predicted octanol–water partition coefficient (Wildman–Crippen LogP) is -2.85. The van der Waals surface area contributed by atoms with Crippen LogP contribution in [0.25, 0.3) is 0 Å². The number of hydrogen-bond acceptors (Lipinski definition) is 5. The molecule has 16 heavy (non-hydrogen) atoms. The molecule has 0 radical (unpaired) electrons. The number of methoxy groups -OCH3 is 1. The molecule has 1 heterocycles. The van der Waals surface area contributed by atoms with Crippen LogP contribution in [-0.2, 0) is 0 Å². The van der Waals surface area contributed by atoms with Gasteiger partial charge in [-0.1, -0.05) is 0 Å². The Hall–Kier alpha value is -1.14. The van der Waals surface area contributed by atoms with Crippen molar-refractivity contribution in [2.24, 2.45) is 0 Å². The van der Waals surface area contributed by atoms with E-state index in [1.807, 2.05) is 40.1 Å². The summed E-state index contributed by atoms with van der Waals surface area (Å²) in [4.78, 5) is 14.5. The van der Waals surface area contributed by atoms with Crippen LogP contribution in [0.2, 0.25) is 0 Å². The van der Waals surface area contributed by atoms with Gasteiger partial charge >= 0.3 is 12.0 Å². The first-order valence-corrected chi connectivity index (χ1v) is 4.64. The van der Waals surface area contributed by atoms with E-state index in [2.05, 4.69) is 15.0 Å². The van der Waals surface area contributed by atoms with Crippen molar-refractivity contribution in [3.8, 4) is 6.01 Å². The molecule has 1 rings (SSSR count). The van der Waals surface area contributed by atoms with Gasteiger partial charge in [-0.25, -0.2) is 0 Å². The first kappa shape index (κ1) is 14.9. The first-order valence-electron chi connectivity index (χ1n) is 4.64. The van der Waals surface area contributed by atoms with Gasteiger partial charge in [0.1, 0.15) is 0 Å². The topological polar surface area (TPSA) is 51.1 Å². The highest BCUT2D eigenvalue weighted by atomic mass is 35.5. The van der Waals surface area contributed by atoms with E-state index < -0.39 is 0 Å². The van der Waals surface area contributed by atoms with Gasteiger partial charge in [-0.3, -0.25) is 4.48 Å². The van der Waals surface area contributed by atoms with Crippen molar-refractivity contribution in [2.45, 2.75) is 0 Å². The lowest BCUT2D eigenvalue weighted by Gasteiger charge is -2.21. The van der Waals surface area contributed by atoms with Crippen molar-refractivity contribution >= 4 is 11.9 Å². The Morgan fingerprint density at radius 1 is 1.06 bits per heavy atom. The van der Waals surface area contributed by atoms with Gasteiger partial charge in [0.15, 0.2) is 0 Å². The standard InChI is InChI=1S/C9H18N5O.ClH/c1-13(2)7-10-8(14(3,4)5)12-9(11-7)15-6;/h1-6H3;1H/q+1;/p-1. The highest BCUT2D eigenvalue weighted by Gasteiger charge is 2.20. The predicted molar refractivity (Wildman–Crippen MR) is 60.3 cm³/mol. The second-order valence-corrected chi connectivity index (χ2v) is 4.33. The summed E-state index contributed by atoms with van der Waals surface area (Å²) >= 11 is 0. The van der Waals surface area contributed by atoms with Gasteiger partial charge in [-0.05, 0) is 0 Å². The summed E-state index contributed by atoms with van der Waals surface area (Å²) in [5.74, 6) is 1.27. The Balaban J connectivity index is 0.00000225. The van der Waals surface area contributed by atoms with Crippen molar-refractivity contribution in [3.05, 3.63) is 0 Å². The van der Waals surface area contributed by atoms with E-state index in [0.717, 1.165) is 0 Å². The fraction of sp³-hybridized carbons (Fsp3) is 0.667. The van der Waals surface area contributed by atoms with Crippen LogP contribution in [0.1, 0.15) is 0 Å². The fourth-order valence-corrected chi connectivity index (χ4v) is 0.927. The Morgan fingerprint density at radius 3 is 2.00 bits per heavy atom. The molecular weight excluding hydrogens is 230 g/mol. The molecule has 7 heteroatoms. The zero-order valence-electron chi connectivity index (χ0n) is 10.5. The van der Waals surface area contributed by atoms with Gasteiger partial charge in [0.2, 0.25) is 5.95 Å². The van der Waals surface area contributed by atoms with Crippen molar-refractivity contribution < 1.29 is 17.1 Å². The second-order valence-electron chi connectivity index (χ2n) is 4.33. The number of hydrogen-bond donors (Lipinski definition) is 0. The molecule has 0 fully saturated rings. The third-order valence-corrected chi connectivity index (χ3v) is 1.77.